The Kier molecular flexibility index (Phi) is 5.02. The minimum Gasteiger partial charge on any atom is -0.428 e. The number of nitrogens with one attached hydrogen (secondary N) is 2. The number of anilines is 1. The predicted octanol–water partition coefficient (Wildman–Crippen LogP) is 2.85. The highest BCUT2D eigenvalue weighted by molar-refractivity contribution is 5.94. The highest BCUT2D eigenvalue weighted by Gasteiger charge is 2.19. The second-order valence-corrected chi connectivity index (χ2v) is 6.17. The number of benzene rings is 1. The van der Waals surface area contributed by atoms with Gasteiger partial charge in [0, 0.05) is 25.2 Å². The van der Waals surface area contributed by atoms with Gasteiger partial charge < -0.3 is 14.6 Å². The van der Waals surface area contributed by atoms with Gasteiger partial charge in [0.15, 0.2) is 0 Å². The number of amides is 3. The average molecular weight is 342 g/mol. The van der Waals surface area contributed by atoms with Crippen LogP contribution in [0.4, 0.5) is 10.8 Å². The van der Waals surface area contributed by atoms with Crippen LogP contribution >= 0.6 is 0 Å². The van der Waals surface area contributed by atoms with Crippen LogP contribution in [0.3, 0.4) is 0 Å². The van der Waals surface area contributed by atoms with Crippen LogP contribution in [0.25, 0.3) is 0 Å². The van der Waals surface area contributed by atoms with Crippen LogP contribution in [0.15, 0.2) is 28.7 Å². The van der Waals surface area contributed by atoms with Crippen molar-refractivity contribution in [1.82, 2.24) is 15.2 Å². The number of oxazole rings is 1. The summed E-state index contributed by atoms with van der Waals surface area (Å²) < 4.78 is 5.31. The number of carbonyl (C=O) groups is 2. The Morgan fingerprint density at radius 2 is 2.00 bits per heavy atom. The van der Waals surface area contributed by atoms with E-state index in [9.17, 15) is 9.59 Å². The first-order valence-corrected chi connectivity index (χ1v) is 8.40. The molecule has 1 aliphatic heterocycles. The molecule has 25 heavy (non-hydrogen) atoms. The van der Waals surface area contributed by atoms with Crippen molar-refractivity contribution in [2.45, 2.75) is 33.2 Å². The number of likely N-dealkylation sites (tertiary alicyclic amines) is 1. The van der Waals surface area contributed by atoms with E-state index < -0.39 is 6.03 Å². The lowest BCUT2D eigenvalue weighted by Crippen LogP contribution is -2.29. The molecule has 1 fully saturated rings. The van der Waals surface area contributed by atoms with Gasteiger partial charge in [0.05, 0.1) is 5.69 Å². The fraction of sp³-hybridized carbons (Fsp3) is 0.389. The molecule has 7 nitrogen and oxygen atoms in total. The molecule has 0 bridgehead atoms. The van der Waals surface area contributed by atoms with Gasteiger partial charge >= 0.3 is 12.0 Å². The SMILES string of the molecule is Cc1nc(NC(=O)NCc2cccc(C(=O)N3CCCC3)c2)oc1C. The molecule has 7 heteroatoms. The molecular weight excluding hydrogens is 320 g/mol. The Morgan fingerprint density at radius 1 is 1.24 bits per heavy atom. The normalized spacial score (nSPS) is 13.8. The molecule has 0 saturated carbocycles. The van der Waals surface area contributed by atoms with Crippen LogP contribution in [0.1, 0.15) is 40.2 Å². The van der Waals surface area contributed by atoms with Crippen molar-refractivity contribution in [2.75, 3.05) is 18.4 Å². The monoisotopic (exact) mass is 342 g/mol. The van der Waals surface area contributed by atoms with E-state index in [0.29, 0.717) is 17.9 Å². The molecule has 132 valence electrons. The van der Waals surface area contributed by atoms with E-state index in [0.717, 1.165) is 37.2 Å². The first kappa shape index (κ1) is 17.0. The number of rotatable bonds is 4. The molecule has 0 aliphatic carbocycles. The molecule has 0 unspecified atom stereocenters. The third-order valence-corrected chi connectivity index (χ3v) is 4.27. The zero-order chi connectivity index (χ0) is 17.8. The first-order valence-electron chi connectivity index (χ1n) is 8.40. The lowest BCUT2D eigenvalue weighted by Gasteiger charge is -2.15. The van der Waals surface area contributed by atoms with E-state index in [2.05, 4.69) is 15.6 Å². The van der Waals surface area contributed by atoms with Crippen molar-refractivity contribution in [3.05, 3.63) is 46.8 Å². The van der Waals surface area contributed by atoms with Crippen LogP contribution < -0.4 is 10.6 Å². The number of hydrogen-bond acceptors (Lipinski definition) is 4. The van der Waals surface area contributed by atoms with Gasteiger partial charge in [0.25, 0.3) is 5.91 Å². The van der Waals surface area contributed by atoms with Gasteiger partial charge in [-0.1, -0.05) is 12.1 Å². The van der Waals surface area contributed by atoms with Gasteiger partial charge in [0.2, 0.25) is 0 Å². The van der Waals surface area contributed by atoms with Crippen molar-refractivity contribution >= 4 is 18.0 Å². The number of carbonyl (C=O) groups excluding carboxylic acids is 2. The van der Waals surface area contributed by atoms with E-state index in [4.69, 9.17) is 4.42 Å². The summed E-state index contributed by atoms with van der Waals surface area (Å²) in [7, 11) is 0. The Morgan fingerprint density at radius 3 is 2.68 bits per heavy atom. The van der Waals surface area contributed by atoms with Gasteiger partial charge in [-0.25, -0.2) is 4.79 Å². The molecule has 3 amide bonds. The summed E-state index contributed by atoms with van der Waals surface area (Å²) in [5.74, 6) is 0.720. The Labute approximate surface area is 146 Å². The molecular formula is C18H22N4O3. The van der Waals surface area contributed by atoms with Crippen molar-refractivity contribution < 1.29 is 14.0 Å². The number of aromatic nitrogens is 1. The average Bonchev–Trinajstić information content (AvgIpc) is 3.23. The second-order valence-electron chi connectivity index (χ2n) is 6.17. The third kappa shape index (κ3) is 4.17. The van der Waals surface area contributed by atoms with Crippen LogP contribution in [0, 0.1) is 13.8 Å². The van der Waals surface area contributed by atoms with Crippen LogP contribution in [0.2, 0.25) is 0 Å². The van der Waals surface area contributed by atoms with Gasteiger partial charge in [-0.3, -0.25) is 10.1 Å². The third-order valence-electron chi connectivity index (χ3n) is 4.27. The lowest BCUT2D eigenvalue weighted by atomic mass is 10.1. The highest BCUT2D eigenvalue weighted by Crippen LogP contribution is 2.15. The minimum absolute atomic E-state index is 0.0505. The summed E-state index contributed by atoms with van der Waals surface area (Å²) in [6.45, 7) is 5.54. The highest BCUT2D eigenvalue weighted by atomic mass is 16.4. The summed E-state index contributed by atoms with van der Waals surface area (Å²) >= 11 is 0. The van der Waals surface area contributed by atoms with Crippen LogP contribution in [0.5, 0.6) is 0 Å². The molecule has 0 atom stereocenters. The quantitative estimate of drug-likeness (QED) is 0.894. The van der Waals surface area contributed by atoms with Gasteiger partial charge in [0.1, 0.15) is 5.76 Å². The summed E-state index contributed by atoms with van der Waals surface area (Å²) in [4.78, 5) is 30.3. The fourth-order valence-electron chi connectivity index (χ4n) is 2.77. The summed E-state index contributed by atoms with van der Waals surface area (Å²) in [5, 5.41) is 5.29. The maximum atomic E-state index is 12.4. The molecule has 2 heterocycles. The Balaban J connectivity index is 1.56. The molecule has 1 aromatic carbocycles. The predicted molar refractivity (Wildman–Crippen MR) is 93.4 cm³/mol. The maximum Gasteiger partial charge on any atom is 0.323 e. The summed E-state index contributed by atoms with van der Waals surface area (Å²) in [5.41, 5.74) is 2.25. The molecule has 0 spiro atoms. The van der Waals surface area contributed by atoms with Crippen molar-refractivity contribution in [3.8, 4) is 0 Å². The molecule has 1 aliphatic rings. The zero-order valence-electron chi connectivity index (χ0n) is 14.5. The molecule has 2 aromatic rings. The fourth-order valence-corrected chi connectivity index (χ4v) is 2.77. The van der Waals surface area contributed by atoms with Gasteiger partial charge in [-0.05, 0) is 44.4 Å². The van der Waals surface area contributed by atoms with Crippen LogP contribution in [-0.4, -0.2) is 34.9 Å². The molecule has 2 N–H and O–H groups in total. The van der Waals surface area contributed by atoms with E-state index in [1.807, 2.05) is 36.1 Å². The lowest BCUT2D eigenvalue weighted by molar-refractivity contribution is 0.0792. The standard InChI is InChI=1S/C18H22N4O3/c1-12-13(2)25-18(20-12)21-17(24)19-11-14-6-5-7-15(10-14)16(23)22-8-3-4-9-22/h5-7,10H,3-4,8-9,11H2,1-2H3,(H2,19,20,21,24). The molecule has 1 aromatic heterocycles. The summed E-state index contributed by atoms with van der Waals surface area (Å²) in [6, 6.07) is 7.10. The molecule has 0 radical (unpaired) electrons. The van der Waals surface area contributed by atoms with Gasteiger partial charge in [-0.2, -0.15) is 4.98 Å². The molecule has 3 rings (SSSR count). The van der Waals surface area contributed by atoms with E-state index in [-0.39, 0.29) is 11.9 Å². The minimum atomic E-state index is -0.405. The number of aryl methyl sites for hydroxylation is 2. The van der Waals surface area contributed by atoms with Crippen molar-refractivity contribution in [1.29, 1.82) is 0 Å². The van der Waals surface area contributed by atoms with Gasteiger partial charge in [-0.15, -0.1) is 0 Å². The Bertz CT molecular complexity index is 759. The number of urea groups is 1. The Hall–Kier alpha value is -2.83. The van der Waals surface area contributed by atoms with E-state index >= 15 is 0 Å². The number of nitrogens with zero attached hydrogens (tertiary/aromatic N) is 2. The zero-order valence-corrected chi connectivity index (χ0v) is 14.5. The topological polar surface area (TPSA) is 87.5 Å². The van der Waals surface area contributed by atoms with Crippen molar-refractivity contribution in [2.24, 2.45) is 0 Å². The number of hydrogen-bond donors (Lipinski definition) is 2. The van der Waals surface area contributed by atoms with E-state index in [1.54, 1.807) is 6.92 Å². The van der Waals surface area contributed by atoms with Crippen LogP contribution in [-0.2, 0) is 6.54 Å². The summed E-state index contributed by atoms with van der Waals surface area (Å²) in [6.07, 6.45) is 2.12. The largest absolute Gasteiger partial charge is 0.428 e. The van der Waals surface area contributed by atoms with Crippen molar-refractivity contribution in [3.63, 3.8) is 0 Å². The van der Waals surface area contributed by atoms with E-state index in [1.165, 1.54) is 0 Å². The first-order chi connectivity index (χ1) is 12.0. The second kappa shape index (κ2) is 7.38. The molecule has 1 saturated heterocycles. The maximum absolute atomic E-state index is 12.4. The smallest absolute Gasteiger partial charge is 0.323 e.